The molecular formula is C16H14FNO. The Labute approximate surface area is 112 Å². The van der Waals surface area contributed by atoms with E-state index in [-0.39, 0.29) is 17.2 Å². The van der Waals surface area contributed by atoms with Gasteiger partial charge >= 0.3 is 0 Å². The van der Waals surface area contributed by atoms with Gasteiger partial charge in [0, 0.05) is 0 Å². The molecule has 0 spiro atoms. The molecule has 0 aliphatic carbocycles. The van der Waals surface area contributed by atoms with Crippen molar-refractivity contribution in [2.75, 3.05) is 0 Å². The highest BCUT2D eigenvalue weighted by molar-refractivity contribution is 5.42. The van der Waals surface area contributed by atoms with Gasteiger partial charge in [-0.05, 0) is 35.7 Å². The summed E-state index contributed by atoms with van der Waals surface area (Å²) < 4.78 is 19.4. The van der Waals surface area contributed by atoms with Crippen molar-refractivity contribution in [2.45, 2.75) is 19.8 Å². The Morgan fingerprint density at radius 3 is 2.47 bits per heavy atom. The molecule has 0 unspecified atom stereocenters. The Hall–Kier alpha value is -2.34. The fourth-order valence-corrected chi connectivity index (χ4v) is 1.82. The third kappa shape index (κ3) is 2.92. The van der Waals surface area contributed by atoms with Crippen molar-refractivity contribution in [3.05, 3.63) is 59.4 Å². The average molecular weight is 255 g/mol. The number of nitriles is 1. The van der Waals surface area contributed by atoms with Gasteiger partial charge in [0.1, 0.15) is 5.75 Å². The van der Waals surface area contributed by atoms with E-state index in [2.05, 4.69) is 13.8 Å². The topological polar surface area (TPSA) is 33.0 Å². The van der Waals surface area contributed by atoms with E-state index in [1.54, 1.807) is 0 Å². The molecule has 0 radical (unpaired) electrons. The monoisotopic (exact) mass is 255 g/mol. The SMILES string of the molecule is CC(C)c1ccccc1Oc1ccc(C#N)cc1F. The van der Waals surface area contributed by atoms with Gasteiger partial charge in [-0.15, -0.1) is 0 Å². The molecular weight excluding hydrogens is 241 g/mol. The highest BCUT2D eigenvalue weighted by Gasteiger charge is 2.11. The molecule has 2 aromatic carbocycles. The van der Waals surface area contributed by atoms with Crippen LogP contribution in [0.3, 0.4) is 0 Å². The van der Waals surface area contributed by atoms with Crippen molar-refractivity contribution in [2.24, 2.45) is 0 Å². The van der Waals surface area contributed by atoms with Crippen LogP contribution in [-0.4, -0.2) is 0 Å². The van der Waals surface area contributed by atoms with Gasteiger partial charge in [-0.3, -0.25) is 0 Å². The fraction of sp³-hybridized carbons (Fsp3) is 0.188. The van der Waals surface area contributed by atoms with Gasteiger partial charge in [-0.2, -0.15) is 5.26 Å². The summed E-state index contributed by atoms with van der Waals surface area (Å²) in [7, 11) is 0. The predicted molar refractivity (Wildman–Crippen MR) is 71.7 cm³/mol. The number of nitrogens with zero attached hydrogens (tertiary/aromatic N) is 1. The molecule has 0 heterocycles. The summed E-state index contributed by atoms with van der Waals surface area (Å²) in [6.45, 7) is 4.11. The zero-order chi connectivity index (χ0) is 13.8. The van der Waals surface area contributed by atoms with Crippen LogP contribution in [0.4, 0.5) is 4.39 Å². The van der Waals surface area contributed by atoms with Crippen LogP contribution in [-0.2, 0) is 0 Å². The van der Waals surface area contributed by atoms with Crippen LogP contribution in [0.15, 0.2) is 42.5 Å². The van der Waals surface area contributed by atoms with Gasteiger partial charge in [0.15, 0.2) is 11.6 Å². The van der Waals surface area contributed by atoms with E-state index in [0.29, 0.717) is 5.75 Å². The summed E-state index contributed by atoms with van der Waals surface area (Å²) in [6, 6.07) is 13.6. The summed E-state index contributed by atoms with van der Waals surface area (Å²) in [5.41, 5.74) is 1.30. The Morgan fingerprint density at radius 2 is 1.84 bits per heavy atom. The lowest BCUT2D eigenvalue weighted by atomic mass is 10.0. The van der Waals surface area contributed by atoms with E-state index in [9.17, 15) is 4.39 Å². The van der Waals surface area contributed by atoms with E-state index in [1.807, 2.05) is 30.3 Å². The Morgan fingerprint density at radius 1 is 1.11 bits per heavy atom. The second-order valence-electron chi connectivity index (χ2n) is 4.55. The molecule has 0 fully saturated rings. The molecule has 3 heteroatoms. The molecule has 0 amide bonds. The quantitative estimate of drug-likeness (QED) is 0.802. The number of para-hydroxylation sites is 1. The van der Waals surface area contributed by atoms with Crippen LogP contribution in [0.5, 0.6) is 11.5 Å². The number of benzene rings is 2. The first-order valence-corrected chi connectivity index (χ1v) is 6.08. The van der Waals surface area contributed by atoms with Gasteiger partial charge in [0.25, 0.3) is 0 Å². The van der Waals surface area contributed by atoms with Crippen molar-refractivity contribution in [3.63, 3.8) is 0 Å². The van der Waals surface area contributed by atoms with E-state index in [0.717, 1.165) is 5.56 Å². The van der Waals surface area contributed by atoms with Gasteiger partial charge < -0.3 is 4.74 Å². The van der Waals surface area contributed by atoms with Gasteiger partial charge in [0.2, 0.25) is 0 Å². The lowest BCUT2D eigenvalue weighted by Crippen LogP contribution is -1.95. The first-order valence-electron chi connectivity index (χ1n) is 6.08. The predicted octanol–water partition coefficient (Wildman–Crippen LogP) is 4.61. The molecule has 2 aromatic rings. The van der Waals surface area contributed by atoms with E-state index >= 15 is 0 Å². The molecule has 96 valence electrons. The van der Waals surface area contributed by atoms with Gasteiger partial charge in [-0.1, -0.05) is 32.0 Å². The summed E-state index contributed by atoms with van der Waals surface area (Å²) in [4.78, 5) is 0. The molecule has 2 rings (SSSR count). The summed E-state index contributed by atoms with van der Waals surface area (Å²) in [6.07, 6.45) is 0. The number of halogens is 1. The molecule has 0 saturated heterocycles. The highest BCUT2D eigenvalue weighted by atomic mass is 19.1. The lowest BCUT2D eigenvalue weighted by Gasteiger charge is -2.13. The van der Waals surface area contributed by atoms with Gasteiger partial charge in [0.05, 0.1) is 11.6 Å². The minimum atomic E-state index is -0.530. The lowest BCUT2D eigenvalue weighted by molar-refractivity contribution is 0.435. The zero-order valence-corrected chi connectivity index (χ0v) is 10.9. The largest absolute Gasteiger partial charge is 0.454 e. The maximum atomic E-state index is 13.8. The molecule has 0 atom stereocenters. The molecule has 2 nitrogen and oxygen atoms in total. The summed E-state index contributed by atoms with van der Waals surface area (Å²) in [5, 5.41) is 8.70. The molecule has 0 aliphatic heterocycles. The normalized spacial score (nSPS) is 10.3. The maximum absolute atomic E-state index is 13.8. The summed E-state index contributed by atoms with van der Waals surface area (Å²) in [5.74, 6) is 0.531. The fourth-order valence-electron chi connectivity index (χ4n) is 1.82. The van der Waals surface area contributed by atoms with Crippen molar-refractivity contribution in [3.8, 4) is 17.6 Å². The molecule has 0 aliphatic rings. The van der Waals surface area contributed by atoms with Crippen molar-refractivity contribution >= 4 is 0 Å². The minimum Gasteiger partial charge on any atom is -0.454 e. The second kappa shape index (κ2) is 5.53. The smallest absolute Gasteiger partial charge is 0.167 e. The van der Waals surface area contributed by atoms with Crippen LogP contribution in [0.1, 0.15) is 30.9 Å². The second-order valence-corrected chi connectivity index (χ2v) is 4.55. The van der Waals surface area contributed by atoms with Crippen LogP contribution in [0.2, 0.25) is 0 Å². The van der Waals surface area contributed by atoms with Crippen molar-refractivity contribution in [1.82, 2.24) is 0 Å². The first kappa shape index (κ1) is 13.1. The van der Waals surface area contributed by atoms with Crippen LogP contribution < -0.4 is 4.74 Å². The third-order valence-corrected chi connectivity index (χ3v) is 2.82. The third-order valence-electron chi connectivity index (χ3n) is 2.82. The average Bonchev–Trinajstić information content (AvgIpc) is 2.41. The Balaban J connectivity index is 2.34. The van der Waals surface area contributed by atoms with Crippen LogP contribution in [0, 0.1) is 17.1 Å². The van der Waals surface area contributed by atoms with Crippen LogP contribution >= 0.6 is 0 Å². The number of hydrogen-bond donors (Lipinski definition) is 0. The van der Waals surface area contributed by atoms with E-state index in [4.69, 9.17) is 10.00 Å². The van der Waals surface area contributed by atoms with Crippen LogP contribution in [0.25, 0.3) is 0 Å². The van der Waals surface area contributed by atoms with Crippen molar-refractivity contribution < 1.29 is 9.13 Å². The minimum absolute atomic E-state index is 0.132. The standard InChI is InChI=1S/C16H14FNO/c1-11(2)13-5-3-4-6-15(13)19-16-8-7-12(10-18)9-14(16)17/h3-9,11H,1-2H3. The Kier molecular flexibility index (Phi) is 3.82. The number of rotatable bonds is 3. The van der Waals surface area contributed by atoms with Gasteiger partial charge in [-0.25, -0.2) is 4.39 Å². The molecule has 0 N–H and O–H groups in total. The molecule has 0 saturated carbocycles. The highest BCUT2D eigenvalue weighted by Crippen LogP contribution is 2.31. The molecule has 19 heavy (non-hydrogen) atoms. The Bertz CT molecular complexity index is 629. The van der Waals surface area contributed by atoms with E-state index < -0.39 is 5.82 Å². The first-order chi connectivity index (χ1) is 9.11. The van der Waals surface area contributed by atoms with E-state index in [1.165, 1.54) is 18.2 Å². The molecule has 0 aromatic heterocycles. The van der Waals surface area contributed by atoms with Crippen molar-refractivity contribution in [1.29, 1.82) is 5.26 Å². The number of ether oxygens (including phenoxy) is 1. The number of hydrogen-bond acceptors (Lipinski definition) is 2. The maximum Gasteiger partial charge on any atom is 0.167 e. The summed E-state index contributed by atoms with van der Waals surface area (Å²) >= 11 is 0. The zero-order valence-electron chi connectivity index (χ0n) is 10.9. The molecule has 0 bridgehead atoms.